The molecule has 2 amide bonds. The molecule has 31 heavy (non-hydrogen) atoms. The first-order valence-corrected chi connectivity index (χ1v) is 12.6. The van der Waals surface area contributed by atoms with E-state index in [0.717, 1.165) is 45.7 Å². The highest BCUT2D eigenvalue weighted by Crippen LogP contribution is 2.44. The van der Waals surface area contributed by atoms with Gasteiger partial charge in [0.25, 0.3) is 0 Å². The van der Waals surface area contributed by atoms with Crippen LogP contribution in [0.5, 0.6) is 0 Å². The third-order valence-electron chi connectivity index (χ3n) is 6.40. The predicted octanol–water partition coefficient (Wildman–Crippen LogP) is 4.14. The molecule has 1 aromatic rings. The van der Waals surface area contributed by atoms with Gasteiger partial charge in [0.15, 0.2) is 0 Å². The van der Waals surface area contributed by atoms with Gasteiger partial charge >= 0.3 is 0 Å². The van der Waals surface area contributed by atoms with Crippen LogP contribution in [0.4, 0.5) is 0 Å². The molecule has 2 saturated heterocycles. The van der Waals surface area contributed by atoms with Gasteiger partial charge in [-0.2, -0.15) is 0 Å². The number of carbonyl (C=O) groups is 2. The molecule has 0 spiro atoms. The number of carbonyl (C=O) groups excluding carboxylic acids is 2. The van der Waals surface area contributed by atoms with Gasteiger partial charge in [0.2, 0.25) is 11.8 Å². The van der Waals surface area contributed by atoms with Crippen LogP contribution in [-0.4, -0.2) is 71.0 Å². The Morgan fingerprint density at radius 1 is 1.06 bits per heavy atom. The zero-order valence-corrected chi connectivity index (χ0v) is 20.9. The van der Waals surface area contributed by atoms with Gasteiger partial charge in [0.05, 0.1) is 5.25 Å². The standard InChI is InChI=1S/C25H39N3O2S/c1-7-21-23(30)28(17-14-26-12-15-27(16-13-26)22(29)18(2)3)24(31-21)19-8-10-20(11-9-19)25(4,5)6/h8-11,18,21,24H,7,12-17H2,1-6H3/t21-,24+/m0/s1. The predicted molar refractivity (Wildman–Crippen MR) is 129 cm³/mol. The molecule has 0 aliphatic carbocycles. The molecule has 172 valence electrons. The topological polar surface area (TPSA) is 43.9 Å². The number of benzene rings is 1. The number of hydrogen-bond acceptors (Lipinski definition) is 4. The second-order valence-electron chi connectivity index (χ2n) is 10.1. The first-order chi connectivity index (χ1) is 14.6. The van der Waals surface area contributed by atoms with Crippen molar-refractivity contribution < 1.29 is 9.59 Å². The summed E-state index contributed by atoms with van der Waals surface area (Å²) in [6.07, 6.45) is 0.868. The van der Waals surface area contributed by atoms with E-state index in [1.165, 1.54) is 11.1 Å². The Balaban J connectivity index is 1.63. The SMILES string of the molecule is CC[C@@H]1S[C@H](c2ccc(C(C)(C)C)cc2)N(CCN2CCN(C(=O)C(C)C)CC2)C1=O. The van der Waals surface area contributed by atoms with Crippen molar-refractivity contribution in [2.75, 3.05) is 39.3 Å². The van der Waals surface area contributed by atoms with E-state index < -0.39 is 0 Å². The first-order valence-electron chi connectivity index (χ1n) is 11.7. The van der Waals surface area contributed by atoms with E-state index in [1.807, 2.05) is 18.7 Å². The largest absolute Gasteiger partial charge is 0.340 e. The third-order valence-corrected chi connectivity index (χ3v) is 8.05. The lowest BCUT2D eigenvalue weighted by molar-refractivity contribution is -0.136. The summed E-state index contributed by atoms with van der Waals surface area (Å²) in [5.74, 6) is 0.573. The fraction of sp³-hybridized carbons (Fsp3) is 0.680. The normalized spacial score (nSPS) is 23.1. The molecular weight excluding hydrogens is 406 g/mol. The van der Waals surface area contributed by atoms with Crippen LogP contribution in [0.15, 0.2) is 24.3 Å². The summed E-state index contributed by atoms with van der Waals surface area (Å²) in [6.45, 7) is 17.7. The van der Waals surface area contributed by atoms with Crippen molar-refractivity contribution >= 4 is 23.6 Å². The maximum absolute atomic E-state index is 13.1. The smallest absolute Gasteiger partial charge is 0.236 e. The van der Waals surface area contributed by atoms with Crippen LogP contribution in [0.25, 0.3) is 0 Å². The van der Waals surface area contributed by atoms with E-state index in [0.29, 0.717) is 0 Å². The van der Waals surface area contributed by atoms with Crippen LogP contribution in [-0.2, 0) is 15.0 Å². The van der Waals surface area contributed by atoms with Gasteiger partial charge in [-0.05, 0) is 23.0 Å². The van der Waals surface area contributed by atoms with Crippen LogP contribution in [0.2, 0.25) is 0 Å². The summed E-state index contributed by atoms with van der Waals surface area (Å²) in [5.41, 5.74) is 2.66. The van der Waals surface area contributed by atoms with Crippen LogP contribution in [0.1, 0.15) is 64.5 Å². The molecular formula is C25H39N3O2S. The van der Waals surface area contributed by atoms with E-state index in [4.69, 9.17) is 0 Å². The number of piperazine rings is 1. The quantitative estimate of drug-likeness (QED) is 0.660. The molecule has 2 fully saturated rings. The molecule has 0 unspecified atom stereocenters. The molecule has 2 aliphatic rings. The van der Waals surface area contributed by atoms with Gasteiger partial charge in [-0.1, -0.05) is 65.8 Å². The Labute approximate surface area is 192 Å². The van der Waals surface area contributed by atoms with Crippen molar-refractivity contribution in [3.05, 3.63) is 35.4 Å². The molecule has 3 rings (SSSR count). The van der Waals surface area contributed by atoms with Crippen molar-refractivity contribution in [3.63, 3.8) is 0 Å². The molecule has 6 heteroatoms. The minimum atomic E-state index is 0.0489. The van der Waals surface area contributed by atoms with Crippen molar-refractivity contribution in [1.29, 1.82) is 0 Å². The monoisotopic (exact) mass is 445 g/mol. The molecule has 2 atom stereocenters. The maximum atomic E-state index is 13.1. The average Bonchev–Trinajstić information content (AvgIpc) is 3.07. The number of hydrogen-bond donors (Lipinski definition) is 0. The zero-order valence-electron chi connectivity index (χ0n) is 20.1. The fourth-order valence-corrected chi connectivity index (χ4v) is 5.72. The number of amides is 2. The van der Waals surface area contributed by atoms with Crippen molar-refractivity contribution in [3.8, 4) is 0 Å². The van der Waals surface area contributed by atoms with Crippen molar-refractivity contribution in [1.82, 2.24) is 14.7 Å². The maximum Gasteiger partial charge on any atom is 0.236 e. The third kappa shape index (κ3) is 5.64. The lowest BCUT2D eigenvalue weighted by Crippen LogP contribution is -2.51. The Hall–Kier alpha value is -1.53. The van der Waals surface area contributed by atoms with Crippen molar-refractivity contribution in [2.24, 2.45) is 5.92 Å². The van der Waals surface area contributed by atoms with Crippen LogP contribution < -0.4 is 0 Å². The van der Waals surface area contributed by atoms with Crippen LogP contribution in [0, 0.1) is 5.92 Å². The molecule has 0 radical (unpaired) electrons. The summed E-state index contributed by atoms with van der Waals surface area (Å²) < 4.78 is 0. The molecule has 0 N–H and O–H groups in total. The molecule has 5 nitrogen and oxygen atoms in total. The van der Waals surface area contributed by atoms with E-state index in [-0.39, 0.29) is 33.8 Å². The summed E-state index contributed by atoms with van der Waals surface area (Å²) in [4.78, 5) is 31.7. The highest BCUT2D eigenvalue weighted by molar-refractivity contribution is 8.01. The van der Waals surface area contributed by atoms with Gasteiger partial charge in [0, 0.05) is 45.2 Å². The summed E-state index contributed by atoms with van der Waals surface area (Å²) >= 11 is 1.79. The van der Waals surface area contributed by atoms with E-state index >= 15 is 0 Å². The highest BCUT2D eigenvalue weighted by atomic mass is 32.2. The fourth-order valence-electron chi connectivity index (χ4n) is 4.30. The van der Waals surface area contributed by atoms with Crippen molar-refractivity contribution in [2.45, 2.75) is 64.0 Å². The number of nitrogens with zero attached hydrogens (tertiary/aromatic N) is 3. The minimum absolute atomic E-state index is 0.0489. The van der Waals surface area contributed by atoms with Gasteiger partial charge in [0.1, 0.15) is 5.37 Å². The number of thioether (sulfide) groups is 1. The summed E-state index contributed by atoms with van der Waals surface area (Å²) in [7, 11) is 0. The molecule has 0 bridgehead atoms. The van der Waals surface area contributed by atoms with Gasteiger partial charge < -0.3 is 9.80 Å². The molecule has 2 heterocycles. The van der Waals surface area contributed by atoms with E-state index in [1.54, 1.807) is 11.8 Å². The van der Waals surface area contributed by atoms with E-state index in [2.05, 4.69) is 61.8 Å². The lowest BCUT2D eigenvalue weighted by atomic mass is 9.86. The Bertz CT molecular complexity index is 764. The molecule has 0 aromatic heterocycles. The molecule has 2 aliphatic heterocycles. The second-order valence-corrected chi connectivity index (χ2v) is 11.4. The van der Waals surface area contributed by atoms with Gasteiger partial charge in [-0.3, -0.25) is 14.5 Å². The van der Waals surface area contributed by atoms with E-state index in [9.17, 15) is 9.59 Å². The minimum Gasteiger partial charge on any atom is -0.340 e. The van der Waals surface area contributed by atoms with Gasteiger partial charge in [-0.15, -0.1) is 11.8 Å². The number of rotatable bonds is 6. The zero-order chi connectivity index (χ0) is 22.8. The first kappa shape index (κ1) is 24.1. The Kier molecular flexibility index (Phi) is 7.74. The highest BCUT2D eigenvalue weighted by Gasteiger charge is 2.40. The Morgan fingerprint density at radius 2 is 1.68 bits per heavy atom. The molecule has 0 saturated carbocycles. The lowest BCUT2D eigenvalue weighted by Gasteiger charge is -2.36. The van der Waals surface area contributed by atoms with Crippen LogP contribution in [0.3, 0.4) is 0 Å². The summed E-state index contributed by atoms with van der Waals surface area (Å²) in [6, 6.07) is 8.82. The average molecular weight is 446 g/mol. The summed E-state index contributed by atoms with van der Waals surface area (Å²) in [5, 5.41) is 0.142. The molecule has 1 aromatic carbocycles. The van der Waals surface area contributed by atoms with Crippen LogP contribution >= 0.6 is 11.8 Å². The second kappa shape index (κ2) is 9.95. The Morgan fingerprint density at radius 3 is 2.19 bits per heavy atom. The van der Waals surface area contributed by atoms with Gasteiger partial charge in [-0.25, -0.2) is 0 Å².